The lowest BCUT2D eigenvalue weighted by atomic mass is 10.1. The smallest absolute Gasteiger partial charge is 0.229 e. The van der Waals surface area contributed by atoms with Crippen LogP contribution >= 0.6 is 0 Å². The van der Waals surface area contributed by atoms with E-state index in [4.69, 9.17) is 15.0 Å². The number of hydrogen-bond acceptors (Lipinski definition) is 6. The van der Waals surface area contributed by atoms with Gasteiger partial charge in [0.15, 0.2) is 5.58 Å². The zero-order chi connectivity index (χ0) is 18.1. The molecule has 1 saturated heterocycles. The molecule has 3 heterocycles. The molecule has 1 aromatic carbocycles. The van der Waals surface area contributed by atoms with E-state index in [2.05, 4.69) is 10.3 Å². The molecule has 0 aliphatic carbocycles. The molecule has 2 N–H and O–H groups in total. The number of aromatic nitrogens is 3. The van der Waals surface area contributed by atoms with Gasteiger partial charge in [0.2, 0.25) is 5.91 Å². The average Bonchev–Trinajstić information content (AvgIpc) is 3.35. The van der Waals surface area contributed by atoms with Gasteiger partial charge in [-0.05, 0) is 24.6 Å². The first-order chi connectivity index (χ1) is 12.6. The summed E-state index contributed by atoms with van der Waals surface area (Å²) in [6.45, 7) is 1.15. The molecule has 1 fully saturated rings. The number of rotatable bonds is 5. The van der Waals surface area contributed by atoms with E-state index in [-0.39, 0.29) is 24.5 Å². The van der Waals surface area contributed by atoms with Gasteiger partial charge in [-0.1, -0.05) is 17.3 Å². The van der Waals surface area contributed by atoms with Crippen molar-refractivity contribution >= 4 is 22.7 Å². The SMILES string of the molecule is CO[C@@H]1C[C@@H](Cn2ccc(N)n2)N(C(=O)Cc2noc3ccccc23)C1. The van der Waals surface area contributed by atoms with E-state index in [0.717, 1.165) is 11.8 Å². The Balaban J connectivity index is 1.52. The Hall–Kier alpha value is -2.87. The molecule has 2 atom stereocenters. The third-order valence-electron chi connectivity index (χ3n) is 4.86. The fourth-order valence-corrected chi connectivity index (χ4v) is 3.53. The van der Waals surface area contributed by atoms with Crippen LogP contribution in [-0.4, -0.2) is 51.5 Å². The molecule has 2 aromatic heterocycles. The maximum Gasteiger partial charge on any atom is 0.229 e. The molecule has 136 valence electrons. The highest BCUT2D eigenvalue weighted by molar-refractivity contribution is 5.86. The second-order valence-corrected chi connectivity index (χ2v) is 6.56. The maximum atomic E-state index is 13.0. The first-order valence-corrected chi connectivity index (χ1v) is 8.58. The van der Waals surface area contributed by atoms with E-state index in [0.29, 0.717) is 30.2 Å². The molecule has 0 bridgehead atoms. The van der Waals surface area contributed by atoms with Gasteiger partial charge >= 0.3 is 0 Å². The van der Waals surface area contributed by atoms with Crippen molar-refractivity contribution in [2.75, 3.05) is 19.4 Å². The summed E-state index contributed by atoms with van der Waals surface area (Å²) in [5.74, 6) is 0.479. The van der Waals surface area contributed by atoms with Crippen LogP contribution in [0, 0.1) is 0 Å². The molecule has 0 saturated carbocycles. The highest BCUT2D eigenvalue weighted by atomic mass is 16.5. The second kappa shape index (κ2) is 6.80. The first-order valence-electron chi connectivity index (χ1n) is 8.58. The second-order valence-electron chi connectivity index (χ2n) is 6.56. The molecule has 1 aliphatic rings. The molecular formula is C18H21N5O3. The minimum absolute atomic E-state index is 0.00455. The molecular weight excluding hydrogens is 334 g/mol. The largest absolute Gasteiger partial charge is 0.382 e. The number of nitrogen functional groups attached to an aromatic ring is 1. The number of nitrogens with two attached hydrogens (primary N) is 1. The van der Waals surface area contributed by atoms with Crippen molar-refractivity contribution < 1.29 is 14.1 Å². The van der Waals surface area contributed by atoms with Crippen molar-refractivity contribution in [1.82, 2.24) is 19.8 Å². The highest BCUT2D eigenvalue weighted by Crippen LogP contribution is 2.24. The van der Waals surface area contributed by atoms with E-state index in [1.165, 1.54) is 0 Å². The summed E-state index contributed by atoms with van der Waals surface area (Å²) < 4.78 is 12.6. The van der Waals surface area contributed by atoms with Crippen LogP contribution in [0.3, 0.4) is 0 Å². The Labute approximate surface area is 150 Å². The van der Waals surface area contributed by atoms with Gasteiger partial charge in [-0.3, -0.25) is 9.48 Å². The third-order valence-corrected chi connectivity index (χ3v) is 4.86. The van der Waals surface area contributed by atoms with Gasteiger partial charge in [-0.15, -0.1) is 0 Å². The summed E-state index contributed by atoms with van der Waals surface area (Å²) in [4.78, 5) is 14.8. The molecule has 4 rings (SSSR count). The number of nitrogens with zero attached hydrogens (tertiary/aromatic N) is 4. The van der Waals surface area contributed by atoms with Crippen LogP contribution in [0.4, 0.5) is 5.82 Å². The fraction of sp³-hybridized carbons (Fsp3) is 0.389. The lowest BCUT2D eigenvalue weighted by Crippen LogP contribution is -2.39. The fourth-order valence-electron chi connectivity index (χ4n) is 3.53. The quantitative estimate of drug-likeness (QED) is 0.744. The number of fused-ring (bicyclic) bond motifs is 1. The number of para-hydroxylation sites is 1. The third kappa shape index (κ3) is 3.15. The van der Waals surface area contributed by atoms with E-state index in [9.17, 15) is 4.79 Å². The van der Waals surface area contributed by atoms with Crippen LogP contribution in [-0.2, 0) is 22.5 Å². The van der Waals surface area contributed by atoms with Crippen molar-refractivity contribution in [3.63, 3.8) is 0 Å². The molecule has 0 spiro atoms. The number of hydrogen-bond donors (Lipinski definition) is 1. The first kappa shape index (κ1) is 16.6. The topological polar surface area (TPSA) is 99.4 Å². The number of ether oxygens (including phenoxy) is 1. The molecule has 1 aliphatic heterocycles. The summed E-state index contributed by atoms with van der Waals surface area (Å²) in [5.41, 5.74) is 7.04. The van der Waals surface area contributed by atoms with Crippen LogP contribution in [0.15, 0.2) is 41.1 Å². The zero-order valence-corrected chi connectivity index (χ0v) is 14.5. The van der Waals surface area contributed by atoms with Gasteiger partial charge < -0.3 is 19.9 Å². The Morgan fingerprint density at radius 2 is 2.23 bits per heavy atom. The standard InChI is InChI=1S/C18H21N5O3/c1-25-13-8-12(10-22-7-6-17(19)20-22)23(11-13)18(24)9-15-14-4-2-3-5-16(14)26-21-15/h2-7,12-13H,8-11H2,1H3,(H2,19,20)/t12-,13+/m0/s1. The average molecular weight is 355 g/mol. The Morgan fingerprint density at radius 1 is 1.38 bits per heavy atom. The lowest BCUT2D eigenvalue weighted by molar-refractivity contribution is -0.132. The van der Waals surface area contributed by atoms with Crippen LogP contribution in [0.25, 0.3) is 11.0 Å². The summed E-state index contributed by atoms with van der Waals surface area (Å²) >= 11 is 0. The van der Waals surface area contributed by atoms with Crippen LogP contribution < -0.4 is 5.73 Å². The Bertz CT molecular complexity index is 918. The van der Waals surface area contributed by atoms with Crippen LogP contribution in [0.5, 0.6) is 0 Å². The van der Waals surface area contributed by atoms with E-state index in [1.807, 2.05) is 35.4 Å². The molecule has 1 amide bonds. The van der Waals surface area contributed by atoms with Crippen molar-refractivity contribution in [1.29, 1.82) is 0 Å². The predicted octanol–water partition coefficient (Wildman–Crippen LogP) is 1.47. The lowest BCUT2D eigenvalue weighted by Gasteiger charge is -2.24. The normalized spacial score (nSPS) is 20.1. The van der Waals surface area contributed by atoms with Crippen molar-refractivity contribution in [3.05, 3.63) is 42.2 Å². The van der Waals surface area contributed by atoms with Gasteiger partial charge in [0.05, 0.1) is 25.1 Å². The Kier molecular flexibility index (Phi) is 4.34. The van der Waals surface area contributed by atoms with E-state index >= 15 is 0 Å². The number of likely N-dealkylation sites (tertiary alicyclic amines) is 1. The predicted molar refractivity (Wildman–Crippen MR) is 95.3 cm³/mol. The number of carbonyl (C=O) groups excluding carboxylic acids is 1. The number of anilines is 1. The van der Waals surface area contributed by atoms with Crippen LogP contribution in [0.2, 0.25) is 0 Å². The summed E-state index contributed by atoms with van der Waals surface area (Å²) in [7, 11) is 1.67. The molecule has 8 nitrogen and oxygen atoms in total. The minimum atomic E-state index is 0.00455. The zero-order valence-electron chi connectivity index (χ0n) is 14.5. The van der Waals surface area contributed by atoms with Crippen molar-refractivity contribution in [3.8, 4) is 0 Å². The van der Waals surface area contributed by atoms with Crippen molar-refractivity contribution in [2.45, 2.75) is 31.5 Å². The van der Waals surface area contributed by atoms with Gasteiger partial charge in [-0.25, -0.2) is 0 Å². The van der Waals surface area contributed by atoms with Crippen molar-refractivity contribution in [2.24, 2.45) is 0 Å². The minimum Gasteiger partial charge on any atom is -0.382 e. The maximum absolute atomic E-state index is 13.0. The summed E-state index contributed by atoms with van der Waals surface area (Å²) in [6, 6.07) is 9.31. The van der Waals surface area contributed by atoms with Crippen LogP contribution in [0.1, 0.15) is 12.1 Å². The van der Waals surface area contributed by atoms with Gasteiger partial charge in [-0.2, -0.15) is 5.10 Å². The molecule has 3 aromatic rings. The van der Waals surface area contributed by atoms with E-state index < -0.39 is 0 Å². The molecule has 26 heavy (non-hydrogen) atoms. The van der Waals surface area contributed by atoms with Gasteiger partial charge in [0.1, 0.15) is 11.5 Å². The van der Waals surface area contributed by atoms with Gasteiger partial charge in [0.25, 0.3) is 0 Å². The molecule has 0 radical (unpaired) electrons. The summed E-state index contributed by atoms with van der Waals surface area (Å²) in [6.07, 6.45) is 2.81. The summed E-state index contributed by atoms with van der Waals surface area (Å²) in [5, 5.41) is 9.17. The monoisotopic (exact) mass is 355 g/mol. The van der Waals surface area contributed by atoms with E-state index in [1.54, 1.807) is 17.9 Å². The molecule has 0 unspecified atom stereocenters. The number of carbonyl (C=O) groups is 1. The molecule has 8 heteroatoms. The number of benzene rings is 1. The number of amides is 1. The Morgan fingerprint density at radius 3 is 3.00 bits per heavy atom. The number of methoxy groups -OCH3 is 1. The van der Waals surface area contributed by atoms with Gasteiger partial charge in [0, 0.05) is 25.2 Å². The highest BCUT2D eigenvalue weighted by Gasteiger charge is 2.36.